The van der Waals surface area contributed by atoms with Gasteiger partial charge >= 0.3 is 0 Å². The molecule has 1 fully saturated rings. The van der Waals surface area contributed by atoms with E-state index in [1.165, 1.54) is 38.0 Å². The van der Waals surface area contributed by atoms with Gasteiger partial charge in [-0.2, -0.15) is 0 Å². The second-order valence-electron chi connectivity index (χ2n) is 8.43. The predicted molar refractivity (Wildman–Crippen MR) is 132 cm³/mol. The largest absolute Gasteiger partial charge is 0.495 e. The van der Waals surface area contributed by atoms with E-state index < -0.39 is 22.0 Å². The van der Waals surface area contributed by atoms with Crippen molar-refractivity contribution in [1.82, 2.24) is 10.2 Å². The number of methoxy groups -OCH3 is 1. The van der Waals surface area contributed by atoms with E-state index in [1.807, 2.05) is 12.1 Å². The lowest BCUT2D eigenvalue weighted by Gasteiger charge is -2.29. The quantitative estimate of drug-likeness (QED) is 0.574. The van der Waals surface area contributed by atoms with Crippen molar-refractivity contribution in [3.05, 3.63) is 58.6 Å². The first kappa shape index (κ1) is 25.3. The lowest BCUT2D eigenvalue weighted by molar-refractivity contribution is -0.122. The summed E-state index contributed by atoms with van der Waals surface area (Å²) < 4.78 is 31.6. The Morgan fingerprint density at radius 2 is 1.85 bits per heavy atom. The molecule has 2 aromatic carbocycles. The summed E-state index contributed by atoms with van der Waals surface area (Å²) in [7, 11) is -2.35. The average Bonchev–Trinajstić information content (AvgIpc) is 2.78. The Morgan fingerprint density at radius 3 is 2.52 bits per heavy atom. The molecule has 1 atom stereocenters. The molecular weight excluding hydrogens is 462 g/mol. The van der Waals surface area contributed by atoms with Crippen LogP contribution < -0.4 is 14.4 Å². The highest BCUT2D eigenvalue weighted by Gasteiger charge is 2.31. The summed E-state index contributed by atoms with van der Waals surface area (Å²) in [5.41, 5.74) is 2.40. The third-order valence-electron chi connectivity index (χ3n) is 5.78. The molecule has 0 saturated carbocycles. The monoisotopic (exact) mass is 493 g/mol. The molecule has 0 bridgehead atoms. The van der Waals surface area contributed by atoms with Crippen molar-refractivity contribution in [3.8, 4) is 5.75 Å². The Labute approximate surface area is 201 Å². The van der Waals surface area contributed by atoms with Crippen molar-refractivity contribution in [2.45, 2.75) is 45.3 Å². The summed E-state index contributed by atoms with van der Waals surface area (Å²) in [5, 5.41) is 3.22. The summed E-state index contributed by atoms with van der Waals surface area (Å²) >= 11 is 6.10. The van der Waals surface area contributed by atoms with E-state index in [4.69, 9.17) is 16.3 Å². The van der Waals surface area contributed by atoms with Crippen LogP contribution in [0.4, 0.5) is 5.69 Å². The predicted octanol–water partition coefficient (Wildman–Crippen LogP) is 3.81. The van der Waals surface area contributed by atoms with Gasteiger partial charge in [-0.3, -0.25) is 14.0 Å². The van der Waals surface area contributed by atoms with E-state index in [1.54, 1.807) is 19.1 Å². The zero-order valence-corrected chi connectivity index (χ0v) is 21.0. The number of amides is 1. The molecule has 0 aromatic heterocycles. The maximum Gasteiger partial charge on any atom is 0.243 e. The average molecular weight is 494 g/mol. The molecule has 9 heteroatoms. The van der Waals surface area contributed by atoms with Gasteiger partial charge in [0.2, 0.25) is 15.9 Å². The van der Waals surface area contributed by atoms with E-state index in [0.29, 0.717) is 17.3 Å². The number of sulfonamides is 1. The van der Waals surface area contributed by atoms with E-state index in [-0.39, 0.29) is 5.69 Å². The Bertz CT molecular complexity index is 1070. The molecule has 7 nitrogen and oxygen atoms in total. The second kappa shape index (κ2) is 11.2. The van der Waals surface area contributed by atoms with Gasteiger partial charge in [0.25, 0.3) is 0 Å². The van der Waals surface area contributed by atoms with Crippen LogP contribution in [0, 0.1) is 0 Å². The number of benzene rings is 2. The third-order valence-corrected chi connectivity index (χ3v) is 7.24. The number of carbonyl (C=O) groups is 1. The van der Waals surface area contributed by atoms with E-state index >= 15 is 0 Å². The van der Waals surface area contributed by atoms with Gasteiger partial charge in [0, 0.05) is 18.1 Å². The molecule has 180 valence electrons. The summed E-state index contributed by atoms with van der Waals surface area (Å²) in [6, 6.07) is 11.8. The molecule has 1 aliphatic heterocycles. The molecular formula is C24H32ClN3O4S. The van der Waals surface area contributed by atoms with Crippen molar-refractivity contribution in [3.63, 3.8) is 0 Å². The van der Waals surface area contributed by atoms with Crippen LogP contribution >= 0.6 is 11.6 Å². The molecule has 33 heavy (non-hydrogen) atoms. The molecule has 2 aromatic rings. The number of piperidine rings is 1. The van der Waals surface area contributed by atoms with Gasteiger partial charge in [0.05, 0.1) is 19.1 Å². The summed E-state index contributed by atoms with van der Waals surface area (Å²) in [5.74, 6) is -0.0984. The van der Waals surface area contributed by atoms with E-state index in [2.05, 4.69) is 22.3 Å². The number of anilines is 1. The Morgan fingerprint density at radius 1 is 1.15 bits per heavy atom. The van der Waals surface area contributed by atoms with Gasteiger partial charge in [0.15, 0.2) is 0 Å². The zero-order valence-electron chi connectivity index (χ0n) is 19.4. The van der Waals surface area contributed by atoms with Crippen LogP contribution in [0.3, 0.4) is 0 Å². The minimum atomic E-state index is -3.79. The summed E-state index contributed by atoms with van der Waals surface area (Å²) in [6.07, 6.45) is 4.83. The highest BCUT2D eigenvalue weighted by molar-refractivity contribution is 7.92. The minimum absolute atomic E-state index is 0.221. The van der Waals surface area contributed by atoms with Crippen molar-refractivity contribution in [2.24, 2.45) is 0 Å². The molecule has 3 rings (SSSR count). The summed E-state index contributed by atoms with van der Waals surface area (Å²) in [6.45, 7) is 4.99. The van der Waals surface area contributed by atoms with Crippen LogP contribution in [0.1, 0.15) is 37.3 Å². The molecule has 1 unspecified atom stereocenters. The number of ether oxygens (including phenoxy) is 1. The third kappa shape index (κ3) is 6.85. The van der Waals surface area contributed by atoms with Gasteiger partial charge in [-0.05, 0) is 62.2 Å². The van der Waals surface area contributed by atoms with Gasteiger partial charge in [0.1, 0.15) is 11.8 Å². The van der Waals surface area contributed by atoms with Crippen LogP contribution in [0.2, 0.25) is 5.02 Å². The van der Waals surface area contributed by atoms with Crippen LogP contribution in [0.5, 0.6) is 5.75 Å². The molecule has 1 saturated heterocycles. The molecule has 1 aliphatic rings. The lowest BCUT2D eigenvalue weighted by atomic mass is 10.1. The smallest absolute Gasteiger partial charge is 0.243 e. The Balaban J connectivity index is 1.71. The van der Waals surface area contributed by atoms with E-state index in [0.717, 1.165) is 35.8 Å². The molecule has 1 N–H and O–H groups in total. The van der Waals surface area contributed by atoms with Crippen LogP contribution in [-0.4, -0.2) is 51.7 Å². The highest BCUT2D eigenvalue weighted by atomic mass is 35.5. The van der Waals surface area contributed by atoms with Gasteiger partial charge in [-0.1, -0.05) is 42.3 Å². The van der Waals surface area contributed by atoms with Crippen molar-refractivity contribution in [1.29, 1.82) is 0 Å². The van der Waals surface area contributed by atoms with Crippen molar-refractivity contribution >= 4 is 33.2 Å². The summed E-state index contributed by atoms with van der Waals surface area (Å²) in [4.78, 5) is 15.4. The number of nitrogens with one attached hydrogen (secondary N) is 1. The SMILES string of the molecule is COc1ccc(Cl)cc1N(C(C)C(=O)NCc1cccc(CN2CCCCC2)c1)S(C)(=O)=O. The fourth-order valence-electron chi connectivity index (χ4n) is 4.17. The highest BCUT2D eigenvalue weighted by Crippen LogP contribution is 2.34. The van der Waals surface area contributed by atoms with Crippen LogP contribution in [-0.2, 0) is 27.9 Å². The normalized spacial score (nSPS) is 15.6. The first-order valence-corrected chi connectivity index (χ1v) is 13.3. The number of hydrogen-bond acceptors (Lipinski definition) is 5. The number of carbonyl (C=O) groups excluding carboxylic acids is 1. The van der Waals surface area contributed by atoms with Crippen molar-refractivity contribution < 1.29 is 17.9 Å². The fourth-order valence-corrected chi connectivity index (χ4v) is 5.50. The standard InChI is InChI=1S/C24H32ClN3O4S/c1-18(28(33(3,30)31)22-15-21(25)10-11-23(22)32-2)24(29)26-16-19-8-7-9-20(14-19)17-27-12-5-4-6-13-27/h7-11,14-15,18H,4-6,12-13,16-17H2,1-3H3,(H,26,29). The van der Waals surface area contributed by atoms with E-state index in [9.17, 15) is 13.2 Å². The number of likely N-dealkylation sites (tertiary alicyclic amines) is 1. The molecule has 0 spiro atoms. The molecule has 1 amide bonds. The van der Waals surface area contributed by atoms with Gasteiger partial charge in [-0.15, -0.1) is 0 Å². The number of halogens is 1. The molecule has 1 heterocycles. The maximum atomic E-state index is 13.0. The molecule has 0 aliphatic carbocycles. The first-order chi connectivity index (χ1) is 15.7. The molecule has 0 radical (unpaired) electrons. The first-order valence-electron chi connectivity index (χ1n) is 11.1. The lowest BCUT2D eigenvalue weighted by Crippen LogP contribution is -2.47. The van der Waals surface area contributed by atoms with Gasteiger partial charge in [-0.25, -0.2) is 8.42 Å². The Kier molecular flexibility index (Phi) is 8.62. The van der Waals surface area contributed by atoms with Crippen LogP contribution in [0.25, 0.3) is 0 Å². The van der Waals surface area contributed by atoms with Gasteiger partial charge < -0.3 is 10.1 Å². The zero-order chi connectivity index (χ0) is 24.0. The topological polar surface area (TPSA) is 79.0 Å². The number of nitrogens with zero attached hydrogens (tertiary/aromatic N) is 2. The minimum Gasteiger partial charge on any atom is -0.495 e. The fraction of sp³-hybridized carbons (Fsp3) is 0.458. The number of rotatable bonds is 9. The Hall–Kier alpha value is -2.29. The maximum absolute atomic E-state index is 13.0. The van der Waals surface area contributed by atoms with Crippen LogP contribution in [0.15, 0.2) is 42.5 Å². The number of hydrogen-bond donors (Lipinski definition) is 1. The van der Waals surface area contributed by atoms with Crippen molar-refractivity contribution in [2.75, 3.05) is 30.8 Å². The second-order valence-corrected chi connectivity index (χ2v) is 10.7.